The van der Waals surface area contributed by atoms with Gasteiger partial charge >= 0.3 is 0 Å². The maximum atomic E-state index is 12.0. The average Bonchev–Trinajstić information content (AvgIpc) is 2.59. The number of rotatable bonds is 4. The summed E-state index contributed by atoms with van der Waals surface area (Å²) >= 11 is 5.98. The molecule has 1 heterocycles. The molecular formula is C19H15ClN2O3. The monoisotopic (exact) mass is 354 g/mol. The van der Waals surface area contributed by atoms with Crippen molar-refractivity contribution in [2.24, 2.45) is 5.73 Å². The van der Waals surface area contributed by atoms with Crippen LogP contribution in [-0.2, 0) is 4.79 Å². The van der Waals surface area contributed by atoms with Crippen LogP contribution in [0.5, 0.6) is 5.75 Å². The number of primary amides is 1. The van der Waals surface area contributed by atoms with E-state index in [0.29, 0.717) is 22.9 Å². The van der Waals surface area contributed by atoms with Gasteiger partial charge in [-0.15, -0.1) is 0 Å². The lowest BCUT2D eigenvalue weighted by Crippen LogP contribution is -2.13. The van der Waals surface area contributed by atoms with Crippen LogP contribution >= 0.6 is 11.6 Å². The second-order valence-corrected chi connectivity index (χ2v) is 5.89. The van der Waals surface area contributed by atoms with Crippen molar-refractivity contribution >= 4 is 35.2 Å². The molecule has 3 rings (SSSR count). The largest absolute Gasteiger partial charge is 0.488 e. The van der Waals surface area contributed by atoms with Gasteiger partial charge in [-0.25, -0.2) is 0 Å². The first-order valence-electron chi connectivity index (χ1n) is 7.53. The highest BCUT2D eigenvalue weighted by Gasteiger charge is 2.10. The van der Waals surface area contributed by atoms with E-state index < -0.39 is 5.91 Å². The Morgan fingerprint density at radius 2 is 2.04 bits per heavy atom. The maximum Gasteiger partial charge on any atom is 0.248 e. The highest BCUT2D eigenvalue weighted by molar-refractivity contribution is 6.30. The fourth-order valence-corrected chi connectivity index (χ4v) is 2.56. The van der Waals surface area contributed by atoms with Crippen molar-refractivity contribution in [2.75, 3.05) is 11.9 Å². The second-order valence-electron chi connectivity index (χ2n) is 5.46. The molecule has 0 aliphatic carbocycles. The number of carbonyl (C=O) groups is 2. The van der Waals surface area contributed by atoms with E-state index in [0.717, 1.165) is 16.9 Å². The van der Waals surface area contributed by atoms with E-state index in [1.807, 2.05) is 12.1 Å². The van der Waals surface area contributed by atoms with Gasteiger partial charge in [-0.3, -0.25) is 9.59 Å². The predicted octanol–water partition coefficient (Wildman–Crippen LogP) is 3.41. The standard InChI is InChI=1S/C19H15ClN2O3/c20-15-5-6-17-14(9-15)8-12(11-25-17)4-7-18(23)22-16-3-1-2-13(10-16)19(21)24/h1-10H,11H2,(H2,21,24)(H,22,23). The second kappa shape index (κ2) is 7.23. The molecule has 0 saturated heterocycles. The molecule has 3 N–H and O–H groups in total. The number of halogens is 1. The third-order valence-corrected chi connectivity index (χ3v) is 3.81. The molecule has 0 spiro atoms. The molecule has 5 nitrogen and oxygen atoms in total. The number of hydrogen-bond acceptors (Lipinski definition) is 3. The van der Waals surface area contributed by atoms with Gasteiger partial charge in [0, 0.05) is 27.9 Å². The Labute approximate surface area is 149 Å². The van der Waals surface area contributed by atoms with Crippen molar-refractivity contribution in [3.63, 3.8) is 0 Å². The SMILES string of the molecule is NC(=O)c1cccc(NC(=O)C=CC2=Cc3cc(Cl)ccc3OC2)c1. The van der Waals surface area contributed by atoms with E-state index in [1.165, 1.54) is 12.1 Å². The fraction of sp³-hybridized carbons (Fsp3) is 0.0526. The lowest BCUT2D eigenvalue weighted by Gasteiger charge is -2.16. The van der Waals surface area contributed by atoms with Gasteiger partial charge in [-0.2, -0.15) is 0 Å². The van der Waals surface area contributed by atoms with Crippen LogP contribution in [0.4, 0.5) is 5.69 Å². The van der Waals surface area contributed by atoms with E-state index in [2.05, 4.69) is 5.32 Å². The Hall–Kier alpha value is -3.05. The number of ether oxygens (including phenoxy) is 1. The minimum atomic E-state index is -0.548. The predicted molar refractivity (Wildman–Crippen MR) is 97.7 cm³/mol. The zero-order valence-corrected chi connectivity index (χ0v) is 13.9. The summed E-state index contributed by atoms with van der Waals surface area (Å²) in [5.74, 6) is -0.109. The molecule has 0 aromatic heterocycles. The summed E-state index contributed by atoms with van der Waals surface area (Å²) in [6.07, 6.45) is 5.00. The number of anilines is 1. The molecule has 2 aromatic carbocycles. The summed E-state index contributed by atoms with van der Waals surface area (Å²) in [7, 11) is 0. The molecule has 0 atom stereocenters. The van der Waals surface area contributed by atoms with Gasteiger partial charge in [0.15, 0.2) is 0 Å². The van der Waals surface area contributed by atoms with Gasteiger partial charge in [0.2, 0.25) is 11.8 Å². The minimum absolute atomic E-state index is 0.320. The van der Waals surface area contributed by atoms with Gasteiger partial charge in [-0.05, 0) is 48.0 Å². The third-order valence-electron chi connectivity index (χ3n) is 3.57. The number of carbonyl (C=O) groups excluding carboxylic acids is 2. The average molecular weight is 355 g/mol. The normalized spacial score (nSPS) is 12.9. The number of benzene rings is 2. The molecular weight excluding hydrogens is 340 g/mol. The highest BCUT2D eigenvalue weighted by Crippen LogP contribution is 2.29. The minimum Gasteiger partial charge on any atom is -0.488 e. The molecule has 0 bridgehead atoms. The van der Waals surface area contributed by atoms with Crippen molar-refractivity contribution in [1.29, 1.82) is 0 Å². The maximum absolute atomic E-state index is 12.0. The van der Waals surface area contributed by atoms with Gasteiger partial charge in [0.25, 0.3) is 0 Å². The van der Waals surface area contributed by atoms with Gasteiger partial charge in [-0.1, -0.05) is 23.7 Å². The molecule has 6 heteroatoms. The van der Waals surface area contributed by atoms with Crippen molar-refractivity contribution < 1.29 is 14.3 Å². The van der Waals surface area contributed by atoms with E-state index in [-0.39, 0.29) is 5.91 Å². The van der Waals surface area contributed by atoms with Gasteiger partial charge < -0.3 is 15.8 Å². The van der Waals surface area contributed by atoms with Crippen LogP contribution in [0.3, 0.4) is 0 Å². The number of nitrogens with two attached hydrogens (primary N) is 1. The van der Waals surface area contributed by atoms with Crippen molar-refractivity contribution in [2.45, 2.75) is 0 Å². The molecule has 0 fully saturated rings. The molecule has 2 amide bonds. The smallest absolute Gasteiger partial charge is 0.248 e. The molecule has 0 saturated carbocycles. The summed E-state index contributed by atoms with van der Waals surface area (Å²) in [6, 6.07) is 11.8. The van der Waals surface area contributed by atoms with Crippen molar-refractivity contribution in [3.8, 4) is 5.75 Å². The summed E-state index contributed by atoms with van der Waals surface area (Å²) in [4.78, 5) is 23.2. The Kier molecular flexibility index (Phi) is 4.86. The van der Waals surface area contributed by atoms with Crippen LogP contribution in [0, 0.1) is 0 Å². The molecule has 25 heavy (non-hydrogen) atoms. The van der Waals surface area contributed by atoms with Crippen LogP contribution in [0.25, 0.3) is 6.08 Å². The molecule has 0 radical (unpaired) electrons. The zero-order valence-electron chi connectivity index (χ0n) is 13.2. The van der Waals surface area contributed by atoms with Crippen LogP contribution in [-0.4, -0.2) is 18.4 Å². The summed E-state index contributed by atoms with van der Waals surface area (Å²) in [6.45, 7) is 0.371. The van der Waals surface area contributed by atoms with Crippen molar-refractivity contribution in [1.82, 2.24) is 0 Å². The zero-order chi connectivity index (χ0) is 17.8. The van der Waals surface area contributed by atoms with Crippen molar-refractivity contribution in [3.05, 3.63) is 76.3 Å². The number of hydrogen-bond donors (Lipinski definition) is 2. The van der Waals surface area contributed by atoms with Gasteiger partial charge in [0.05, 0.1) is 0 Å². The first kappa shape index (κ1) is 16.8. The Morgan fingerprint density at radius 1 is 1.20 bits per heavy atom. The summed E-state index contributed by atoms with van der Waals surface area (Å²) in [5.41, 5.74) is 7.76. The molecule has 1 aliphatic heterocycles. The quantitative estimate of drug-likeness (QED) is 0.825. The van der Waals surface area contributed by atoms with Crippen LogP contribution in [0.1, 0.15) is 15.9 Å². The molecule has 1 aliphatic rings. The van der Waals surface area contributed by atoms with Crippen LogP contribution in [0.2, 0.25) is 5.02 Å². The fourth-order valence-electron chi connectivity index (χ4n) is 2.38. The summed E-state index contributed by atoms with van der Waals surface area (Å²) in [5, 5.41) is 3.30. The first-order chi connectivity index (χ1) is 12.0. The third kappa shape index (κ3) is 4.28. The van der Waals surface area contributed by atoms with E-state index in [4.69, 9.17) is 22.1 Å². The Balaban J connectivity index is 1.69. The number of nitrogens with one attached hydrogen (secondary N) is 1. The van der Waals surface area contributed by atoms with Gasteiger partial charge in [0.1, 0.15) is 12.4 Å². The van der Waals surface area contributed by atoms with E-state index in [9.17, 15) is 9.59 Å². The molecule has 126 valence electrons. The molecule has 2 aromatic rings. The number of amides is 2. The van der Waals surface area contributed by atoms with E-state index in [1.54, 1.807) is 36.4 Å². The lowest BCUT2D eigenvalue weighted by molar-refractivity contribution is -0.111. The Morgan fingerprint density at radius 3 is 2.84 bits per heavy atom. The molecule has 0 unspecified atom stereocenters. The number of fused-ring (bicyclic) bond motifs is 1. The Bertz CT molecular complexity index is 903. The summed E-state index contributed by atoms with van der Waals surface area (Å²) < 4.78 is 5.62. The van der Waals surface area contributed by atoms with E-state index >= 15 is 0 Å². The van der Waals surface area contributed by atoms with Crippen LogP contribution < -0.4 is 15.8 Å². The van der Waals surface area contributed by atoms with Crippen LogP contribution in [0.15, 0.2) is 60.2 Å². The lowest BCUT2D eigenvalue weighted by atomic mass is 10.1. The highest BCUT2D eigenvalue weighted by atomic mass is 35.5. The topological polar surface area (TPSA) is 81.4 Å². The first-order valence-corrected chi connectivity index (χ1v) is 7.91.